The third-order valence-electron chi connectivity index (χ3n) is 5.59. The quantitative estimate of drug-likeness (QED) is 0.700. The minimum atomic E-state index is -0.349. The van der Waals surface area contributed by atoms with Crippen LogP contribution in [-0.4, -0.2) is 18.0 Å². The van der Waals surface area contributed by atoms with E-state index in [0.717, 1.165) is 17.7 Å². The van der Waals surface area contributed by atoms with E-state index < -0.39 is 0 Å². The standard InChI is InChI=1S/C21H20N2OS/c22-21(24)17-6-3-5-16-19(12-10-13-8-9-14(11-12)23-13)15-4-1-2-7-18(15)25-20(16)17/h1-7,13-14,23H,8-11H2,(H2,22,24). The van der Waals surface area contributed by atoms with Crippen molar-refractivity contribution in [2.45, 2.75) is 47.6 Å². The first-order valence-corrected chi connectivity index (χ1v) is 9.71. The molecule has 0 aliphatic carbocycles. The monoisotopic (exact) mass is 348 g/mol. The highest BCUT2D eigenvalue weighted by molar-refractivity contribution is 7.99. The van der Waals surface area contributed by atoms with Gasteiger partial charge in [-0.2, -0.15) is 0 Å². The number of carbonyl (C=O) groups excluding carboxylic acids is 1. The minimum Gasteiger partial charge on any atom is -0.366 e. The van der Waals surface area contributed by atoms with Crippen LogP contribution in [0.1, 0.15) is 47.2 Å². The summed E-state index contributed by atoms with van der Waals surface area (Å²) in [4.78, 5) is 14.2. The maximum Gasteiger partial charge on any atom is 0.249 e. The molecule has 5 rings (SSSR count). The summed E-state index contributed by atoms with van der Waals surface area (Å²) in [7, 11) is 0. The summed E-state index contributed by atoms with van der Waals surface area (Å²) in [6, 6.07) is 15.7. The topological polar surface area (TPSA) is 55.1 Å². The molecule has 4 heteroatoms. The second-order valence-electron chi connectivity index (χ2n) is 7.17. The smallest absolute Gasteiger partial charge is 0.249 e. The summed E-state index contributed by atoms with van der Waals surface area (Å²) in [5.41, 5.74) is 11.6. The lowest BCUT2D eigenvalue weighted by atomic mass is 9.85. The minimum absolute atomic E-state index is 0.349. The van der Waals surface area contributed by atoms with E-state index in [4.69, 9.17) is 5.73 Å². The van der Waals surface area contributed by atoms with E-state index in [1.807, 2.05) is 12.1 Å². The van der Waals surface area contributed by atoms with Crippen LogP contribution in [0.25, 0.3) is 5.57 Å². The number of benzene rings is 2. The van der Waals surface area contributed by atoms with Crippen molar-refractivity contribution in [2.75, 3.05) is 0 Å². The highest BCUT2D eigenvalue weighted by Gasteiger charge is 2.34. The number of piperidine rings is 1. The van der Waals surface area contributed by atoms with Crippen LogP contribution >= 0.6 is 11.8 Å². The van der Waals surface area contributed by atoms with Gasteiger partial charge in [0, 0.05) is 21.9 Å². The average molecular weight is 348 g/mol. The van der Waals surface area contributed by atoms with Crippen LogP contribution < -0.4 is 11.1 Å². The Morgan fingerprint density at radius 3 is 2.48 bits per heavy atom. The molecule has 2 saturated heterocycles. The molecule has 2 atom stereocenters. The molecule has 0 saturated carbocycles. The molecule has 0 radical (unpaired) electrons. The summed E-state index contributed by atoms with van der Waals surface area (Å²) in [6.07, 6.45) is 4.74. The van der Waals surface area contributed by atoms with E-state index in [-0.39, 0.29) is 5.91 Å². The molecule has 2 aromatic rings. The number of nitrogens with one attached hydrogen (secondary N) is 1. The van der Waals surface area contributed by atoms with Crippen molar-refractivity contribution in [3.63, 3.8) is 0 Å². The first-order valence-electron chi connectivity index (χ1n) is 8.89. The summed E-state index contributed by atoms with van der Waals surface area (Å²) >= 11 is 1.67. The predicted molar refractivity (Wildman–Crippen MR) is 101 cm³/mol. The molecular formula is C21H20N2OS. The molecule has 2 bridgehead atoms. The summed E-state index contributed by atoms with van der Waals surface area (Å²) in [6.45, 7) is 0. The van der Waals surface area contributed by atoms with Gasteiger partial charge in [0.1, 0.15) is 0 Å². The van der Waals surface area contributed by atoms with E-state index >= 15 is 0 Å². The molecule has 2 aromatic carbocycles. The molecule has 1 amide bonds. The third-order valence-corrected chi connectivity index (χ3v) is 6.81. The first kappa shape index (κ1) is 15.2. The normalized spacial score (nSPS) is 24.0. The molecule has 3 N–H and O–H groups in total. The molecule has 0 aromatic heterocycles. The SMILES string of the molecule is NC(=O)c1cccc2c1Sc1ccccc1C2=C1CC2CCC(C1)N2. The van der Waals surface area contributed by atoms with Gasteiger partial charge in [0.05, 0.1) is 5.56 Å². The van der Waals surface area contributed by atoms with E-state index in [9.17, 15) is 4.79 Å². The molecule has 3 nitrogen and oxygen atoms in total. The first-order chi connectivity index (χ1) is 12.2. The number of nitrogens with two attached hydrogens (primary N) is 1. The van der Waals surface area contributed by atoms with Gasteiger partial charge in [-0.05, 0) is 54.5 Å². The van der Waals surface area contributed by atoms with E-state index in [1.165, 1.54) is 40.0 Å². The van der Waals surface area contributed by atoms with Gasteiger partial charge in [0.15, 0.2) is 0 Å². The fourth-order valence-electron chi connectivity index (χ4n) is 4.54. The van der Waals surface area contributed by atoms with Crippen LogP contribution in [0.4, 0.5) is 0 Å². The Kier molecular flexibility index (Phi) is 3.50. The molecule has 3 aliphatic rings. The van der Waals surface area contributed by atoms with Crippen LogP contribution in [-0.2, 0) is 0 Å². The number of fused-ring (bicyclic) bond motifs is 4. The van der Waals surface area contributed by atoms with Crippen molar-refractivity contribution < 1.29 is 4.79 Å². The molecule has 25 heavy (non-hydrogen) atoms. The Labute approximate surface area is 151 Å². The lowest BCUT2D eigenvalue weighted by molar-refractivity contribution is 0.0997. The Morgan fingerprint density at radius 2 is 1.72 bits per heavy atom. The predicted octanol–water partition coefficient (Wildman–Crippen LogP) is 3.97. The Hall–Kier alpha value is -2.04. The maximum absolute atomic E-state index is 12.0. The van der Waals surface area contributed by atoms with Gasteiger partial charge < -0.3 is 11.1 Å². The van der Waals surface area contributed by atoms with Crippen molar-refractivity contribution in [2.24, 2.45) is 5.73 Å². The van der Waals surface area contributed by atoms with Crippen molar-refractivity contribution in [3.05, 3.63) is 64.7 Å². The molecule has 2 fully saturated rings. The van der Waals surface area contributed by atoms with Gasteiger partial charge in [-0.1, -0.05) is 47.7 Å². The van der Waals surface area contributed by atoms with Crippen molar-refractivity contribution >= 4 is 23.2 Å². The molecule has 2 unspecified atom stereocenters. The zero-order valence-corrected chi connectivity index (χ0v) is 14.7. The molecular weight excluding hydrogens is 328 g/mol. The Bertz CT molecular complexity index is 904. The number of primary amides is 1. The maximum atomic E-state index is 12.0. The zero-order chi connectivity index (χ0) is 17.0. The van der Waals surface area contributed by atoms with E-state index in [1.54, 1.807) is 11.8 Å². The molecule has 0 spiro atoms. The van der Waals surface area contributed by atoms with Crippen molar-refractivity contribution in [1.29, 1.82) is 0 Å². The average Bonchev–Trinajstić information content (AvgIpc) is 2.96. The largest absolute Gasteiger partial charge is 0.366 e. The lowest BCUT2D eigenvalue weighted by Crippen LogP contribution is -2.35. The zero-order valence-electron chi connectivity index (χ0n) is 13.9. The van der Waals surface area contributed by atoms with Gasteiger partial charge >= 0.3 is 0 Å². The van der Waals surface area contributed by atoms with E-state index in [2.05, 4.69) is 35.6 Å². The van der Waals surface area contributed by atoms with Gasteiger partial charge in [-0.25, -0.2) is 0 Å². The lowest BCUT2D eigenvalue weighted by Gasteiger charge is -2.30. The van der Waals surface area contributed by atoms with Crippen LogP contribution in [0.2, 0.25) is 0 Å². The summed E-state index contributed by atoms with van der Waals surface area (Å²) < 4.78 is 0. The fourth-order valence-corrected chi connectivity index (χ4v) is 5.75. The highest BCUT2D eigenvalue weighted by atomic mass is 32.2. The van der Waals surface area contributed by atoms with Crippen LogP contribution in [0.3, 0.4) is 0 Å². The van der Waals surface area contributed by atoms with Crippen molar-refractivity contribution in [1.82, 2.24) is 5.32 Å². The van der Waals surface area contributed by atoms with E-state index in [0.29, 0.717) is 17.6 Å². The number of hydrogen-bond donors (Lipinski definition) is 2. The summed E-state index contributed by atoms with van der Waals surface area (Å²) in [5.74, 6) is -0.349. The van der Waals surface area contributed by atoms with Gasteiger partial charge in [-0.15, -0.1) is 0 Å². The molecule has 126 valence electrons. The number of carbonyl (C=O) groups is 1. The highest BCUT2D eigenvalue weighted by Crippen LogP contribution is 2.49. The second kappa shape index (κ2) is 5.75. The Balaban J connectivity index is 1.77. The van der Waals surface area contributed by atoms with Crippen molar-refractivity contribution in [3.8, 4) is 0 Å². The van der Waals surface area contributed by atoms with Crippen LogP contribution in [0.15, 0.2) is 57.8 Å². The molecule has 3 heterocycles. The van der Waals surface area contributed by atoms with Gasteiger partial charge in [0.2, 0.25) is 5.91 Å². The number of rotatable bonds is 1. The fraction of sp³-hybridized carbons (Fsp3) is 0.286. The number of amides is 1. The summed E-state index contributed by atoms with van der Waals surface area (Å²) in [5, 5.41) is 3.72. The van der Waals surface area contributed by atoms with Gasteiger partial charge in [0.25, 0.3) is 0 Å². The molecule has 3 aliphatic heterocycles. The van der Waals surface area contributed by atoms with Crippen LogP contribution in [0.5, 0.6) is 0 Å². The number of hydrogen-bond acceptors (Lipinski definition) is 3. The third kappa shape index (κ3) is 2.43. The second-order valence-corrected chi connectivity index (χ2v) is 8.22. The van der Waals surface area contributed by atoms with Crippen LogP contribution in [0, 0.1) is 0 Å². The van der Waals surface area contributed by atoms with Gasteiger partial charge in [-0.3, -0.25) is 4.79 Å². The Morgan fingerprint density at radius 1 is 1.00 bits per heavy atom.